The van der Waals surface area contributed by atoms with Crippen LogP contribution in [0.25, 0.3) is 0 Å². The molecular weight excluding hydrogens is 282 g/mol. The molecular formula is C17H23NO4. The molecule has 0 saturated carbocycles. The fraction of sp³-hybridized carbons (Fsp3) is 0.529. The molecule has 1 amide bonds. The van der Waals surface area contributed by atoms with Gasteiger partial charge >= 0.3 is 5.97 Å². The third-order valence-corrected chi connectivity index (χ3v) is 4.16. The number of ether oxygens (including phenoxy) is 1. The van der Waals surface area contributed by atoms with Gasteiger partial charge in [-0.3, -0.25) is 4.79 Å². The molecule has 5 nitrogen and oxygen atoms in total. The van der Waals surface area contributed by atoms with Gasteiger partial charge in [-0.2, -0.15) is 0 Å². The first kappa shape index (κ1) is 16.5. The van der Waals surface area contributed by atoms with E-state index in [2.05, 4.69) is 13.8 Å². The zero-order chi connectivity index (χ0) is 16.1. The third-order valence-electron chi connectivity index (χ3n) is 4.16. The van der Waals surface area contributed by atoms with Gasteiger partial charge in [-0.1, -0.05) is 44.2 Å². The molecule has 0 spiro atoms. The van der Waals surface area contributed by atoms with Crippen LogP contribution in [0.15, 0.2) is 30.3 Å². The molecule has 1 aromatic carbocycles. The van der Waals surface area contributed by atoms with Gasteiger partial charge in [0, 0.05) is 13.0 Å². The summed E-state index contributed by atoms with van der Waals surface area (Å²) in [5.41, 5.74) is 1.12. The first-order valence-corrected chi connectivity index (χ1v) is 7.65. The lowest BCUT2D eigenvalue weighted by atomic mass is 9.85. The van der Waals surface area contributed by atoms with E-state index in [1.54, 1.807) is 0 Å². The number of amides is 1. The average Bonchev–Trinajstić information content (AvgIpc) is 2.52. The Balaban J connectivity index is 2.12. The number of nitrogens with zero attached hydrogens (tertiary/aromatic N) is 1. The van der Waals surface area contributed by atoms with Crippen LogP contribution in [0.2, 0.25) is 0 Å². The number of hydrogen-bond acceptors (Lipinski definition) is 3. The van der Waals surface area contributed by atoms with Crippen molar-refractivity contribution in [3.05, 3.63) is 35.9 Å². The van der Waals surface area contributed by atoms with Crippen molar-refractivity contribution in [2.75, 3.05) is 19.8 Å². The third kappa shape index (κ3) is 3.85. The molecule has 120 valence electrons. The number of hydrogen-bond donors (Lipinski definition) is 1. The highest BCUT2D eigenvalue weighted by Gasteiger charge is 2.34. The molecule has 1 aliphatic rings. The van der Waals surface area contributed by atoms with Crippen LogP contribution in [-0.4, -0.2) is 47.7 Å². The summed E-state index contributed by atoms with van der Waals surface area (Å²) in [6.45, 7) is 4.97. The monoisotopic (exact) mass is 305 g/mol. The summed E-state index contributed by atoms with van der Waals surface area (Å²) >= 11 is 0. The molecule has 2 rings (SSSR count). The molecule has 2 atom stereocenters. The lowest BCUT2D eigenvalue weighted by Gasteiger charge is -2.34. The Hall–Kier alpha value is -1.88. The highest BCUT2D eigenvalue weighted by atomic mass is 16.5. The van der Waals surface area contributed by atoms with E-state index in [4.69, 9.17) is 4.74 Å². The maximum Gasteiger partial charge on any atom is 0.328 e. The van der Waals surface area contributed by atoms with Crippen molar-refractivity contribution in [1.29, 1.82) is 0 Å². The standard InChI is InChI=1S/C17H23NO4/c1-12(2)14(13-6-4-3-5-7-13)10-16(19)18-8-9-22-11-15(18)17(20)21/h3-7,12,14-15H,8-11H2,1-2H3,(H,20,21). The summed E-state index contributed by atoms with van der Waals surface area (Å²) in [6, 6.07) is 9.04. The Labute approximate surface area is 130 Å². The molecule has 1 fully saturated rings. The Morgan fingerprint density at radius 2 is 2.00 bits per heavy atom. The summed E-state index contributed by atoms with van der Waals surface area (Å²) in [6.07, 6.45) is 0.325. The van der Waals surface area contributed by atoms with E-state index < -0.39 is 12.0 Å². The lowest BCUT2D eigenvalue weighted by molar-refractivity contribution is -0.158. The van der Waals surface area contributed by atoms with Crippen molar-refractivity contribution in [3.8, 4) is 0 Å². The maximum atomic E-state index is 12.6. The Kier molecular flexibility index (Phi) is 5.55. The first-order chi connectivity index (χ1) is 10.5. The second-order valence-corrected chi connectivity index (χ2v) is 5.98. The van der Waals surface area contributed by atoms with Crippen LogP contribution in [0.3, 0.4) is 0 Å². The second kappa shape index (κ2) is 7.40. The predicted octanol–water partition coefficient (Wildman–Crippen LogP) is 2.13. The topological polar surface area (TPSA) is 66.8 Å². The number of rotatable bonds is 5. The molecule has 1 heterocycles. The Morgan fingerprint density at radius 1 is 1.32 bits per heavy atom. The molecule has 1 N–H and O–H groups in total. The van der Waals surface area contributed by atoms with Crippen molar-refractivity contribution in [2.45, 2.75) is 32.2 Å². The summed E-state index contributed by atoms with van der Waals surface area (Å²) in [7, 11) is 0. The number of carbonyl (C=O) groups is 2. The second-order valence-electron chi connectivity index (χ2n) is 5.98. The van der Waals surface area contributed by atoms with Crippen LogP contribution in [-0.2, 0) is 14.3 Å². The van der Waals surface area contributed by atoms with E-state index in [9.17, 15) is 14.7 Å². The van der Waals surface area contributed by atoms with Gasteiger partial charge in [0.1, 0.15) is 0 Å². The largest absolute Gasteiger partial charge is 0.480 e. The van der Waals surface area contributed by atoms with Crippen LogP contribution in [0.1, 0.15) is 31.7 Å². The van der Waals surface area contributed by atoms with E-state index in [0.29, 0.717) is 25.5 Å². The average molecular weight is 305 g/mol. The van der Waals surface area contributed by atoms with E-state index in [1.165, 1.54) is 4.90 Å². The van der Waals surface area contributed by atoms with Gasteiger partial charge in [0.25, 0.3) is 0 Å². The number of carboxylic acids is 1. The fourth-order valence-electron chi connectivity index (χ4n) is 2.85. The van der Waals surface area contributed by atoms with Crippen molar-refractivity contribution in [1.82, 2.24) is 4.90 Å². The summed E-state index contributed by atoms with van der Waals surface area (Å²) < 4.78 is 5.19. The Morgan fingerprint density at radius 3 is 2.59 bits per heavy atom. The van der Waals surface area contributed by atoms with Crippen molar-refractivity contribution in [2.24, 2.45) is 5.92 Å². The minimum absolute atomic E-state index is 0.0682. The van der Waals surface area contributed by atoms with Crippen LogP contribution in [0, 0.1) is 5.92 Å². The van der Waals surface area contributed by atoms with Crippen molar-refractivity contribution >= 4 is 11.9 Å². The molecule has 0 radical (unpaired) electrons. The van der Waals surface area contributed by atoms with Crippen LogP contribution >= 0.6 is 0 Å². The smallest absolute Gasteiger partial charge is 0.328 e. The van der Waals surface area contributed by atoms with Crippen molar-refractivity contribution in [3.63, 3.8) is 0 Å². The van der Waals surface area contributed by atoms with E-state index in [-0.39, 0.29) is 18.4 Å². The number of morpholine rings is 1. The molecule has 5 heteroatoms. The van der Waals surface area contributed by atoms with E-state index in [0.717, 1.165) is 5.56 Å². The van der Waals surface area contributed by atoms with Gasteiger partial charge in [0.05, 0.1) is 13.2 Å². The summed E-state index contributed by atoms with van der Waals surface area (Å²) in [5.74, 6) is -0.728. The van der Waals surface area contributed by atoms with Crippen LogP contribution in [0.5, 0.6) is 0 Å². The zero-order valence-corrected chi connectivity index (χ0v) is 13.1. The molecule has 0 aromatic heterocycles. The van der Waals surface area contributed by atoms with Gasteiger partial charge in [0.2, 0.25) is 5.91 Å². The number of aliphatic carboxylic acids is 1. The molecule has 0 aliphatic carbocycles. The van der Waals surface area contributed by atoms with Gasteiger partial charge < -0.3 is 14.7 Å². The van der Waals surface area contributed by atoms with Gasteiger partial charge in [-0.05, 0) is 17.4 Å². The lowest BCUT2D eigenvalue weighted by Crippen LogP contribution is -2.52. The highest BCUT2D eigenvalue weighted by Crippen LogP contribution is 2.29. The SMILES string of the molecule is CC(C)C(CC(=O)N1CCOCC1C(=O)O)c1ccccc1. The molecule has 2 unspecified atom stereocenters. The summed E-state index contributed by atoms with van der Waals surface area (Å²) in [5, 5.41) is 9.24. The number of benzene rings is 1. The number of carboxylic acid groups (broad SMARTS) is 1. The van der Waals surface area contributed by atoms with Gasteiger partial charge in [-0.15, -0.1) is 0 Å². The maximum absolute atomic E-state index is 12.6. The highest BCUT2D eigenvalue weighted by molar-refractivity contribution is 5.84. The van der Waals surface area contributed by atoms with E-state index >= 15 is 0 Å². The zero-order valence-electron chi connectivity index (χ0n) is 13.1. The molecule has 1 aromatic rings. The molecule has 0 bridgehead atoms. The molecule has 1 saturated heterocycles. The minimum Gasteiger partial charge on any atom is -0.480 e. The van der Waals surface area contributed by atoms with Crippen LogP contribution in [0.4, 0.5) is 0 Å². The van der Waals surface area contributed by atoms with Crippen molar-refractivity contribution < 1.29 is 19.4 Å². The molecule has 1 aliphatic heterocycles. The fourth-order valence-corrected chi connectivity index (χ4v) is 2.85. The molecule has 22 heavy (non-hydrogen) atoms. The Bertz CT molecular complexity index is 515. The summed E-state index contributed by atoms with van der Waals surface area (Å²) in [4.78, 5) is 25.3. The minimum atomic E-state index is -1.01. The first-order valence-electron chi connectivity index (χ1n) is 7.65. The van der Waals surface area contributed by atoms with Crippen LogP contribution < -0.4 is 0 Å². The normalized spacial score (nSPS) is 20.0. The van der Waals surface area contributed by atoms with Gasteiger partial charge in [0.15, 0.2) is 6.04 Å². The number of carbonyl (C=O) groups excluding carboxylic acids is 1. The quantitative estimate of drug-likeness (QED) is 0.905. The predicted molar refractivity (Wildman–Crippen MR) is 82.6 cm³/mol. The van der Waals surface area contributed by atoms with E-state index in [1.807, 2.05) is 30.3 Å². The van der Waals surface area contributed by atoms with Gasteiger partial charge in [-0.25, -0.2) is 4.79 Å².